The lowest BCUT2D eigenvalue weighted by molar-refractivity contribution is 0.196. The summed E-state index contributed by atoms with van der Waals surface area (Å²) < 4.78 is 0. The van der Waals surface area contributed by atoms with Gasteiger partial charge in [0, 0.05) is 18.4 Å². The largest absolute Gasteiger partial charge is 0.392 e. The van der Waals surface area contributed by atoms with E-state index in [1.54, 1.807) is 18.7 Å². The third-order valence-electron chi connectivity index (χ3n) is 2.06. The van der Waals surface area contributed by atoms with Gasteiger partial charge in [-0.2, -0.15) is 0 Å². The highest BCUT2D eigenvalue weighted by Gasteiger charge is 2.12. The van der Waals surface area contributed by atoms with Crippen LogP contribution in [0.25, 0.3) is 0 Å². The Hall–Kier alpha value is -0.810. The number of aromatic nitrogens is 2. The van der Waals surface area contributed by atoms with E-state index < -0.39 is 0 Å². The zero-order chi connectivity index (χ0) is 11.4. The topological polar surface area (TPSA) is 58.0 Å². The van der Waals surface area contributed by atoms with Gasteiger partial charge in [0.25, 0.3) is 0 Å². The van der Waals surface area contributed by atoms with E-state index in [0.29, 0.717) is 0 Å². The van der Waals surface area contributed by atoms with E-state index in [4.69, 9.17) is 0 Å². The van der Waals surface area contributed by atoms with Crippen molar-refractivity contribution < 1.29 is 5.11 Å². The molecule has 0 bridgehead atoms. The van der Waals surface area contributed by atoms with E-state index in [2.05, 4.69) is 15.3 Å². The van der Waals surface area contributed by atoms with Crippen LogP contribution in [0.3, 0.4) is 0 Å². The van der Waals surface area contributed by atoms with Gasteiger partial charge in [-0.15, -0.1) is 11.8 Å². The molecule has 0 aliphatic carbocycles. The van der Waals surface area contributed by atoms with Gasteiger partial charge < -0.3 is 10.4 Å². The van der Waals surface area contributed by atoms with E-state index >= 15 is 0 Å². The molecule has 0 saturated carbocycles. The summed E-state index contributed by atoms with van der Waals surface area (Å²) in [6.07, 6.45) is -0.344. The Kier molecular flexibility index (Phi) is 4.35. The van der Waals surface area contributed by atoms with Crippen molar-refractivity contribution in [3.8, 4) is 0 Å². The van der Waals surface area contributed by atoms with E-state index in [-0.39, 0.29) is 11.4 Å². The molecule has 84 valence electrons. The molecule has 1 heterocycles. The van der Waals surface area contributed by atoms with Gasteiger partial charge in [-0.25, -0.2) is 9.97 Å². The fourth-order valence-electron chi connectivity index (χ4n) is 1.02. The molecule has 0 amide bonds. The number of nitrogens with zero attached hydrogens (tertiary/aromatic N) is 2. The lowest BCUT2D eigenvalue weighted by Gasteiger charge is -2.13. The summed E-state index contributed by atoms with van der Waals surface area (Å²) in [6, 6.07) is 1.89. The van der Waals surface area contributed by atoms with Crippen molar-refractivity contribution in [2.45, 2.75) is 37.2 Å². The number of rotatable bonds is 4. The molecule has 1 rings (SSSR count). The highest BCUT2D eigenvalue weighted by atomic mass is 32.2. The molecule has 0 aliphatic heterocycles. The predicted octanol–water partition coefficient (Wildman–Crippen LogP) is 1.69. The number of thioether (sulfide) groups is 1. The van der Waals surface area contributed by atoms with E-state index in [1.807, 2.05) is 27.0 Å². The van der Waals surface area contributed by atoms with Crippen LogP contribution in [0.1, 0.15) is 19.7 Å². The molecule has 0 aromatic carbocycles. The van der Waals surface area contributed by atoms with E-state index in [9.17, 15) is 5.11 Å². The van der Waals surface area contributed by atoms with E-state index in [0.717, 1.165) is 16.7 Å². The van der Waals surface area contributed by atoms with Crippen LogP contribution in [-0.2, 0) is 0 Å². The van der Waals surface area contributed by atoms with Gasteiger partial charge in [-0.05, 0) is 13.8 Å². The van der Waals surface area contributed by atoms with Crippen LogP contribution >= 0.6 is 11.8 Å². The van der Waals surface area contributed by atoms with E-state index in [1.165, 1.54) is 0 Å². The Bertz CT molecular complexity index is 330. The molecular formula is C10H17N3OS. The standard InChI is InChI=1S/C10H17N3OS/c1-6(14)7(2)15-10-5-9(11-4)12-8(3)13-10/h5-7,14H,1-4H3,(H,11,12,13). The van der Waals surface area contributed by atoms with Gasteiger partial charge >= 0.3 is 0 Å². The number of aryl methyl sites for hydroxylation is 1. The number of aliphatic hydroxyl groups excluding tert-OH is 1. The van der Waals surface area contributed by atoms with Crippen molar-refractivity contribution in [3.63, 3.8) is 0 Å². The monoisotopic (exact) mass is 227 g/mol. The maximum absolute atomic E-state index is 9.40. The second-order valence-electron chi connectivity index (χ2n) is 3.45. The highest BCUT2D eigenvalue weighted by Crippen LogP contribution is 2.24. The van der Waals surface area contributed by atoms with Gasteiger partial charge in [0.15, 0.2) is 0 Å². The van der Waals surface area contributed by atoms with Gasteiger partial charge in [-0.3, -0.25) is 0 Å². The number of nitrogens with one attached hydrogen (secondary N) is 1. The quantitative estimate of drug-likeness (QED) is 0.605. The molecule has 2 atom stereocenters. The van der Waals surface area contributed by atoms with Crippen LogP contribution in [0, 0.1) is 6.92 Å². The smallest absolute Gasteiger partial charge is 0.130 e. The van der Waals surface area contributed by atoms with Gasteiger partial charge in [0.1, 0.15) is 16.7 Å². The molecule has 0 spiro atoms. The Morgan fingerprint density at radius 2 is 2.07 bits per heavy atom. The third kappa shape index (κ3) is 3.68. The zero-order valence-electron chi connectivity index (χ0n) is 9.48. The lowest BCUT2D eigenvalue weighted by Crippen LogP contribution is -2.15. The summed E-state index contributed by atoms with van der Waals surface area (Å²) >= 11 is 1.55. The van der Waals surface area contributed by atoms with Gasteiger partial charge in [0.05, 0.1) is 6.10 Å². The molecule has 2 N–H and O–H groups in total. The number of hydrogen-bond acceptors (Lipinski definition) is 5. The first kappa shape index (κ1) is 12.3. The van der Waals surface area contributed by atoms with Crippen molar-refractivity contribution in [2.75, 3.05) is 12.4 Å². The Morgan fingerprint density at radius 1 is 1.40 bits per heavy atom. The Labute approximate surface area is 94.5 Å². The van der Waals surface area contributed by atoms with Crippen molar-refractivity contribution in [2.24, 2.45) is 0 Å². The molecular weight excluding hydrogens is 210 g/mol. The fourth-order valence-corrected chi connectivity index (χ4v) is 1.96. The molecule has 4 nitrogen and oxygen atoms in total. The number of hydrogen-bond donors (Lipinski definition) is 2. The van der Waals surface area contributed by atoms with Crippen LogP contribution in [0.2, 0.25) is 0 Å². The van der Waals surface area contributed by atoms with Crippen molar-refractivity contribution in [1.29, 1.82) is 0 Å². The zero-order valence-corrected chi connectivity index (χ0v) is 10.3. The second-order valence-corrected chi connectivity index (χ2v) is 4.85. The average molecular weight is 227 g/mol. The first-order chi connectivity index (χ1) is 7.02. The van der Waals surface area contributed by atoms with Gasteiger partial charge in [0.2, 0.25) is 0 Å². The maximum Gasteiger partial charge on any atom is 0.130 e. The molecule has 15 heavy (non-hydrogen) atoms. The predicted molar refractivity (Wildman–Crippen MR) is 63.3 cm³/mol. The normalized spacial score (nSPS) is 14.7. The average Bonchev–Trinajstić information content (AvgIpc) is 2.16. The van der Waals surface area contributed by atoms with Crippen LogP contribution in [0.4, 0.5) is 5.82 Å². The highest BCUT2D eigenvalue weighted by molar-refractivity contribution is 7.99. The molecule has 5 heteroatoms. The molecule has 0 aliphatic rings. The summed E-state index contributed by atoms with van der Waals surface area (Å²) in [5.74, 6) is 1.55. The van der Waals surface area contributed by atoms with Crippen LogP contribution < -0.4 is 5.32 Å². The summed E-state index contributed by atoms with van der Waals surface area (Å²) in [5, 5.41) is 13.4. The molecule has 1 aromatic heterocycles. The summed E-state index contributed by atoms with van der Waals surface area (Å²) in [5.41, 5.74) is 0. The fraction of sp³-hybridized carbons (Fsp3) is 0.600. The van der Waals surface area contributed by atoms with Crippen LogP contribution in [0.15, 0.2) is 11.1 Å². The minimum absolute atomic E-state index is 0.129. The summed E-state index contributed by atoms with van der Waals surface area (Å²) in [6.45, 7) is 5.62. The summed E-state index contributed by atoms with van der Waals surface area (Å²) in [4.78, 5) is 8.51. The molecule has 0 fully saturated rings. The minimum Gasteiger partial charge on any atom is -0.392 e. The number of anilines is 1. The summed E-state index contributed by atoms with van der Waals surface area (Å²) in [7, 11) is 1.83. The second kappa shape index (κ2) is 5.32. The van der Waals surface area contributed by atoms with Crippen LogP contribution in [0.5, 0.6) is 0 Å². The Morgan fingerprint density at radius 3 is 2.60 bits per heavy atom. The molecule has 1 aromatic rings. The molecule has 0 radical (unpaired) electrons. The van der Waals surface area contributed by atoms with Crippen LogP contribution in [-0.4, -0.2) is 33.5 Å². The molecule has 2 unspecified atom stereocenters. The van der Waals surface area contributed by atoms with Crippen molar-refractivity contribution in [1.82, 2.24) is 9.97 Å². The lowest BCUT2D eigenvalue weighted by atomic mass is 10.3. The third-order valence-corrected chi connectivity index (χ3v) is 3.27. The van der Waals surface area contributed by atoms with Crippen molar-refractivity contribution in [3.05, 3.63) is 11.9 Å². The van der Waals surface area contributed by atoms with Crippen molar-refractivity contribution >= 4 is 17.6 Å². The maximum atomic E-state index is 9.40. The van der Waals surface area contributed by atoms with Gasteiger partial charge in [-0.1, -0.05) is 6.92 Å². The first-order valence-corrected chi connectivity index (χ1v) is 5.79. The number of aliphatic hydroxyl groups is 1. The minimum atomic E-state index is -0.344. The molecule has 0 saturated heterocycles. The first-order valence-electron chi connectivity index (χ1n) is 4.91. The Balaban J connectivity index is 2.80. The SMILES string of the molecule is CNc1cc(SC(C)C(C)O)nc(C)n1.